The van der Waals surface area contributed by atoms with Crippen LogP contribution in [0.1, 0.15) is 37.4 Å². The van der Waals surface area contributed by atoms with E-state index in [4.69, 9.17) is 23.2 Å². The number of rotatable bonds is 2. The molecule has 0 saturated heterocycles. The molecule has 3 heteroatoms. The van der Waals surface area contributed by atoms with Crippen LogP contribution in [0.4, 0.5) is 5.69 Å². The fraction of sp³-hybridized carbons (Fsp3) is 0.333. The van der Waals surface area contributed by atoms with Crippen LogP contribution in [-0.2, 0) is 6.42 Å². The van der Waals surface area contributed by atoms with Crippen molar-refractivity contribution in [1.29, 1.82) is 0 Å². The second-order valence-electron chi connectivity index (χ2n) is 6.39. The van der Waals surface area contributed by atoms with E-state index in [1.165, 1.54) is 17.5 Å². The van der Waals surface area contributed by atoms with E-state index in [-0.39, 0.29) is 11.5 Å². The summed E-state index contributed by atoms with van der Waals surface area (Å²) < 4.78 is 0. The Balaban J connectivity index is 1.97. The van der Waals surface area contributed by atoms with Gasteiger partial charge in [-0.3, -0.25) is 0 Å². The van der Waals surface area contributed by atoms with E-state index in [1.54, 1.807) is 0 Å². The molecule has 21 heavy (non-hydrogen) atoms. The van der Waals surface area contributed by atoms with Gasteiger partial charge < -0.3 is 5.32 Å². The van der Waals surface area contributed by atoms with Crippen LogP contribution < -0.4 is 5.32 Å². The summed E-state index contributed by atoms with van der Waals surface area (Å²) in [5.74, 6) is 0. The number of anilines is 1. The van der Waals surface area contributed by atoms with E-state index >= 15 is 0 Å². The first-order valence-corrected chi connectivity index (χ1v) is 8.02. The van der Waals surface area contributed by atoms with E-state index in [9.17, 15) is 0 Å². The lowest BCUT2D eigenvalue weighted by molar-refractivity contribution is 0.265. The second kappa shape index (κ2) is 5.55. The van der Waals surface area contributed by atoms with Crippen LogP contribution in [0.5, 0.6) is 0 Å². The third-order valence-corrected chi connectivity index (χ3v) is 5.16. The first kappa shape index (κ1) is 14.7. The van der Waals surface area contributed by atoms with Crippen molar-refractivity contribution >= 4 is 28.9 Å². The minimum atomic E-state index is 0.195. The highest BCUT2D eigenvalue weighted by molar-refractivity contribution is 6.42. The molecule has 0 fully saturated rings. The first-order valence-electron chi connectivity index (χ1n) is 7.27. The van der Waals surface area contributed by atoms with Crippen molar-refractivity contribution in [1.82, 2.24) is 0 Å². The number of nitrogens with one attached hydrogen (secondary N) is 1. The zero-order valence-electron chi connectivity index (χ0n) is 12.3. The first-order chi connectivity index (χ1) is 9.97. The van der Waals surface area contributed by atoms with Crippen LogP contribution in [-0.4, -0.2) is 0 Å². The molecule has 3 rings (SSSR count). The molecule has 0 bridgehead atoms. The molecule has 2 aromatic rings. The average molecular weight is 320 g/mol. The van der Waals surface area contributed by atoms with Crippen molar-refractivity contribution in [3.05, 3.63) is 63.6 Å². The van der Waals surface area contributed by atoms with Gasteiger partial charge in [0, 0.05) is 5.69 Å². The molecule has 0 spiro atoms. The van der Waals surface area contributed by atoms with Crippen molar-refractivity contribution in [2.75, 3.05) is 5.32 Å². The van der Waals surface area contributed by atoms with Gasteiger partial charge in [0.15, 0.2) is 0 Å². The van der Waals surface area contributed by atoms with Crippen molar-refractivity contribution in [2.24, 2.45) is 5.41 Å². The van der Waals surface area contributed by atoms with Gasteiger partial charge in [-0.25, -0.2) is 0 Å². The number of halogens is 2. The van der Waals surface area contributed by atoms with E-state index in [1.807, 2.05) is 18.2 Å². The Morgan fingerprint density at radius 1 is 1.05 bits per heavy atom. The van der Waals surface area contributed by atoms with Gasteiger partial charge in [0.05, 0.1) is 16.1 Å². The van der Waals surface area contributed by atoms with E-state index in [0.29, 0.717) is 10.0 Å². The molecule has 110 valence electrons. The summed E-state index contributed by atoms with van der Waals surface area (Å²) in [5.41, 5.74) is 4.04. The summed E-state index contributed by atoms with van der Waals surface area (Å²) in [6, 6.07) is 14.7. The number of aryl methyl sites for hydroxylation is 1. The van der Waals surface area contributed by atoms with Gasteiger partial charge >= 0.3 is 0 Å². The maximum absolute atomic E-state index is 6.13. The molecule has 1 aliphatic carbocycles. The van der Waals surface area contributed by atoms with Crippen LogP contribution in [0.3, 0.4) is 0 Å². The molecule has 1 atom stereocenters. The maximum Gasteiger partial charge on any atom is 0.0612 e. The Hall–Kier alpha value is -1.18. The molecule has 1 N–H and O–H groups in total. The number of hydrogen-bond acceptors (Lipinski definition) is 1. The third kappa shape index (κ3) is 2.90. The van der Waals surface area contributed by atoms with Crippen LogP contribution in [0.25, 0.3) is 0 Å². The summed E-state index contributed by atoms with van der Waals surface area (Å²) >= 11 is 12.1. The Kier molecular flexibility index (Phi) is 3.90. The van der Waals surface area contributed by atoms with Crippen molar-refractivity contribution < 1.29 is 0 Å². The third-order valence-electron chi connectivity index (χ3n) is 4.42. The molecule has 0 heterocycles. The van der Waals surface area contributed by atoms with Gasteiger partial charge in [-0.2, -0.15) is 0 Å². The average Bonchev–Trinajstić information content (AvgIpc) is 2.46. The predicted octanol–water partition coefficient (Wildman–Crippen LogP) is 6.12. The van der Waals surface area contributed by atoms with Crippen molar-refractivity contribution in [3.63, 3.8) is 0 Å². The lowest BCUT2D eigenvalue weighted by atomic mass is 9.70. The van der Waals surface area contributed by atoms with Crippen molar-refractivity contribution in [3.8, 4) is 0 Å². The van der Waals surface area contributed by atoms with Crippen LogP contribution in [0.15, 0.2) is 42.5 Å². The van der Waals surface area contributed by atoms with Crippen LogP contribution in [0.2, 0.25) is 10.0 Å². The molecule has 0 amide bonds. The van der Waals surface area contributed by atoms with Gasteiger partial charge in [-0.1, -0.05) is 61.3 Å². The Morgan fingerprint density at radius 2 is 1.81 bits per heavy atom. The standard InChI is InChI=1S/C18H19Cl2N/c1-18(2)10-9-12-5-3-4-6-14(12)17(18)21-13-7-8-15(19)16(20)11-13/h3-8,11,17,21H,9-10H2,1-2H3. The lowest BCUT2D eigenvalue weighted by Gasteiger charge is -2.41. The summed E-state index contributed by atoms with van der Waals surface area (Å²) in [6.07, 6.45) is 2.31. The monoisotopic (exact) mass is 319 g/mol. The normalized spacial score (nSPS) is 19.9. The van der Waals surface area contributed by atoms with Crippen molar-refractivity contribution in [2.45, 2.75) is 32.7 Å². The molecule has 1 unspecified atom stereocenters. The fourth-order valence-electron chi connectivity index (χ4n) is 3.09. The summed E-state index contributed by atoms with van der Waals surface area (Å²) in [7, 11) is 0. The molecular formula is C18H19Cl2N. The molecule has 1 nitrogen and oxygen atoms in total. The van der Waals surface area contributed by atoms with Crippen LogP contribution in [0, 0.1) is 5.41 Å². The topological polar surface area (TPSA) is 12.0 Å². The minimum Gasteiger partial charge on any atom is -0.378 e. The molecule has 0 saturated carbocycles. The highest BCUT2D eigenvalue weighted by Crippen LogP contribution is 2.45. The molecule has 0 aliphatic heterocycles. The predicted molar refractivity (Wildman–Crippen MR) is 91.4 cm³/mol. The van der Waals surface area contributed by atoms with Gasteiger partial charge in [0.1, 0.15) is 0 Å². The van der Waals surface area contributed by atoms with E-state index in [0.717, 1.165) is 12.1 Å². The highest BCUT2D eigenvalue weighted by Gasteiger charge is 2.35. The van der Waals surface area contributed by atoms with Gasteiger partial charge in [0.2, 0.25) is 0 Å². The number of hydrogen-bond donors (Lipinski definition) is 1. The SMILES string of the molecule is CC1(C)CCc2ccccc2C1Nc1ccc(Cl)c(Cl)c1. The Labute approximate surface area is 136 Å². The molecule has 0 aromatic heterocycles. The highest BCUT2D eigenvalue weighted by atomic mass is 35.5. The van der Waals surface area contributed by atoms with Gasteiger partial charge in [-0.05, 0) is 47.6 Å². The second-order valence-corrected chi connectivity index (χ2v) is 7.21. The molecular weight excluding hydrogens is 301 g/mol. The Morgan fingerprint density at radius 3 is 2.57 bits per heavy atom. The van der Waals surface area contributed by atoms with Crippen LogP contribution >= 0.6 is 23.2 Å². The smallest absolute Gasteiger partial charge is 0.0612 e. The lowest BCUT2D eigenvalue weighted by Crippen LogP contribution is -2.33. The van der Waals surface area contributed by atoms with E-state index in [2.05, 4.69) is 43.4 Å². The van der Waals surface area contributed by atoms with Gasteiger partial charge in [-0.15, -0.1) is 0 Å². The van der Waals surface area contributed by atoms with Gasteiger partial charge in [0.25, 0.3) is 0 Å². The molecule has 1 aliphatic rings. The fourth-order valence-corrected chi connectivity index (χ4v) is 3.39. The molecule has 2 aromatic carbocycles. The zero-order chi connectivity index (χ0) is 15.0. The summed E-state index contributed by atoms with van der Waals surface area (Å²) in [6.45, 7) is 4.64. The minimum absolute atomic E-state index is 0.195. The maximum atomic E-state index is 6.13. The largest absolute Gasteiger partial charge is 0.378 e. The number of fused-ring (bicyclic) bond motifs is 1. The summed E-state index contributed by atoms with van der Waals surface area (Å²) in [4.78, 5) is 0. The zero-order valence-corrected chi connectivity index (χ0v) is 13.8. The van der Waals surface area contributed by atoms with E-state index < -0.39 is 0 Å². The quantitative estimate of drug-likeness (QED) is 0.703. The summed E-state index contributed by atoms with van der Waals surface area (Å²) in [5, 5.41) is 4.83. The number of benzene rings is 2. The molecule has 0 radical (unpaired) electrons. The Bertz CT molecular complexity index is 664.